The second-order valence-electron chi connectivity index (χ2n) is 1.41. The van der Waals surface area contributed by atoms with Gasteiger partial charge in [0.2, 0.25) is 0 Å². The summed E-state index contributed by atoms with van der Waals surface area (Å²) in [4.78, 5) is 0. The number of hydrogen-bond donors (Lipinski definition) is 4. The summed E-state index contributed by atoms with van der Waals surface area (Å²) in [5.74, 6) is 0. The van der Waals surface area contributed by atoms with Crippen molar-refractivity contribution < 1.29 is 15.7 Å². The molecule has 4 nitrogen and oxygen atoms in total. The molecular formula is H9ClN4Zn. The molecule has 0 fully saturated rings. The summed E-state index contributed by atoms with van der Waals surface area (Å²) in [5.41, 5.74) is 0. The number of hydrogen-bond acceptors (Lipinski definition) is 4. The third kappa shape index (κ3) is 118. The molecule has 0 heterocycles. The molecule has 0 aliphatic carbocycles. The summed E-state index contributed by atoms with van der Waals surface area (Å²) in [7, 11) is 0. The molecule has 0 bridgehead atoms. The van der Waals surface area contributed by atoms with Crippen molar-refractivity contribution >= 4 is 12.4 Å². The van der Waals surface area contributed by atoms with E-state index in [0.717, 1.165) is 0 Å². The van der Waals surface area contributed by atoms with E-state index in [1.165, 1.54) is 0 Å². The number of nitrogens with two attached hydrogens (primary N) is 4. The third-order valence-corrected chi connectivity index (χ3v) is 0. The zero-order valence-corrected chi connectivity index (χ0v) is 7.21. The van der Waals surface area contributed by atoms with Gasteiger partial charge in [-0.05, 0) is 0 Å². The number of halogens is 1. The molecule has 0 saturated heterocycles. The van der Waals surface area contributed by atoms with E-state index < -0.39 is 15.7 Å². The number of rotatable bonds is 0. The molecule has 0 aromatic rings. The third-order valence-electron chi connectivity index (χ3n) is 0. The molecule has 8 N–H and O–H groups in total. The summed E-state index contributed by atoms with van der Waals surface area (Å²) >= 11 is -3.25. The molecule has 6 heteroatoms. The zero-order valence-electron chi connectivity index (χ0n) is 3.42. The SMILES string of the molecule is Cl.[NH2][Zn]([NH2])([NH2])[NH2]. The van der Waals surface area contributed by atoms with Crippen LogP contribution in [0.15, 0.2) is 0 Å². The molecule has 0 aliphatic rings. The predicted molar refractivity (Wildman–Crippen MR) is 24.0 cm³/mol. The second-order valence-corrected chi connectivity index (χ2v) is 7.35. The second kappa shape index (κ2) is 2.85. The van der Waals surface area contributed by atoms with Crippen molar-refractivity contribution in [1.82, 2.24) is 0 Å². The van der Waals surface area contributed by atoms with E-state index in [4.69, 9.17) is 17.9 Å². The van der Waals surface area contributed by atoms with Crippen molar-refractivity contribution in [3.63, 3.8) is 0 Å². The molecule has 0 unspecified atom stereocenters. The molecule has 0 aliphatic heterocycles. The van der Waals surface area contributed by atoms with Crippen LogP contribution >= 0.6 is 12.4 Å². The Labute approximate surface area is 46.5 Å². The fourth-order valence-corrected chi connectivity index (χ4v) is 0. The van der Waals surface area contributed by atoms with Gasteiger partial charge in [-0.1, -0.05) is 0 Å². The van der Waals surface area contributed by atoms with E-state index in [1.807, 2.05) is 0 Å². The fraction of sp³-hybridized carbons (Fsp3) is 0. The maximum atomic E-state index is 4.91. The van der Waals surface area contributed by atoms with Crippen molar-refractivity contribution in [2.24, 2.45) is 17.9 Å². The molecule has 38 valence electrons. The molecule has 0 radical (unpaired) electrons. The van der Waals surface area contributed by atoms with Crippen molar-refractivity contribution in [3.8, 4) is 0 Å². The quantitative estimate of drug-likeness (QED) is 0.314. The van der Waals surface area contributed by atoms with Crippen molar-refractivity contribution in [2.75, 3.05) is 0 Å². The van der Waals surface area contributed by atoms with Gasteiger partial charge in [-0.15, -0.1) is 12.4 Å². The topological polar surface area (TPSA) is 104 Å². The monoisotopic (exact) mass is 164 g/mol. The van der Waals surface area contributed by atoms with Gasteiger partial charge in [0, 0.05) is 0 Å². The van der Waals surface area contributed by atoms with Gasteiger partial charge in [-0.2, -0.15) is 0 Å². The van der Waals surface area contributed by atoms with Gasteiger partial charge in [-0.3, -0.25) is 0 Å². The van der Waals surface area contributed by atoms with Crippen LogP contribution in [0.4, 0.5) is 0 Å². The average Bonchev–Trinajstić information content (AvgIpc) is 0.722. The van der Waals surface area contributed by atoms with Gasteiger partial charge in [0.25, 0.3) is 0 Å². The first-order valence-corrected chi connectivity index (χ1v) is 8.49. The fourth-order valence-electron chi connectivity index (χ4n) is 0. The summed E-state index contributed by atoms with van der Waals surface area (Å²) < 4.78 is 19.6. The molecule has 0 spiro atoms. The van der Waals surface area contributed by atoms with Gasteiger partial charge in [0.15, 0.2) is 0 Å². The Hall–Kier alpha value is 0.753. The van der Waals surface area contributed by atoms with Crippen LogP contribution in [0.1, 0.15) is 0 Å². The van der Waals surface area contributed by atoms with Gasteiger partial charge in [0.05, 0.1) is 0 Å². The Kier molecular flexibility index (Phi) is 4.70. The van der Waals surface area contributed by atoms with Crippen LogP contribution in [0.2, 0.25) is 0 Å². The Bertz CT molecular complexity index is 23.0. The maximum absolute atomic E-state index is 4.91. The van der Waals surface area contributed by atoms with E-state index in [2.05, 4.69) is 0 Å². The van der Waals surface area contributed by atoms with Crippen LogP contribution in [-0.4, -0.2) is 0 Å². The normalized spacial score (nSPS) is 7.33. The van der Waals surface area contributed by atoms with Crippen molar-refractivity contribution in [3.05, 3.63) is 0 Å². The minimum absolute atomic E-state index is 0. The Morgan fingerprint density at radius 1 is 0.833 bits per heavy atom. The van der Waals surface area contributed by atoms with Gasteiger partial charge in [0.1, 0.15) is 0 Å². The van der Waals surface area contributed by atoms with Gasteiger partial charge < -0.3 is 0 Å². The van der Waals surface area contributed by atoms with Crippen LogP contribution < -0.4 is 17.9 Å². The Morgan fingerprint density at radius 3 is 0.833 bits per heavy atom. The van der Waals surface area contributed by atoms with E-state index >= 15 is 0 Å². The standard InChI is InChI=1S/ClH.4H2N.Zn/h1H;4*1H2;/q;4*-1;+4. The minimum atomic E-state index is -3.25. The van der Waals surface area contributed by atoms with E-state index in [9.17, 15) is 0 Å². The van der Waals surface area contributed by atoms with Gasteiger partial charge in [-0.25, -0.2) is 0 Å². The van der Waals surface area contributed by atoms with Crippen LogP contribution in [0.3, 0.4) is 0 Å². The Balaban J connectivity index is 0. The molecule has 6 heavy (non-hydrogen) atoms. The Morgan fingerprint density at radius 2 is 0.833 bits per heavy atom. The molecular weight excluding hydrogens is 157 g/mol. The van der Waals surface area contributed by atoms with Crippen LogP contribution in [0.25, 0.3) is 0 Å². The molecule has 0 aromatic carbocycles. The first-order chi connectivity index (χ1) is 2.00. The average molecular weight is 166 g/mol. The summed E-state index contributed by atoms with van der Waals surface area (Å²) in [6.45, 7) is 0. The van der Waals surface area contributed by atoms with Crippen LogP contribution in [0, 0.1) is 0 Å². The van der Waals surface area contributed by atoms with Gasteiger partial charge >= 0.3 is 33.6 Å². The summed E-state index contributed by atoms with van der Waals surface area (Å²) in [6, 6.07) is 0. The zero-order chi connectivity index (χ0) is 4.50. The molecule has 0 saturated carbocycles. The van der Waals surface area contributed by atoms with E-state index in [0.29, 0.717) is 0 Å². The van der Waals surface area contributed by atoms with Crippen LogP contribution in [0.5, 0.6) is 0 Å². The molecule has 0 atom stereocenters. The van der Waals surface area contributed by atoms with E-state index in [-0.39, 0.29) is 12.4 Å². The van der Waals surface area contributed by atoms with Crippen molar-refractivity contribution in [2.45, 2.75) is 0 Å². The summed E-state index contributed by atoms with van der Waals surface area (Å²) in [6.07, 6.45) is 0. The van der Waals surface area contributed by atoms with Crippen molar-refractivity contribution in [1.29, 1.82) is 0 Å². The van der Waals surface area contributed by atoms with Crippen LogP contribution in [-0.2, 0) is 15.7 Å². The molecule has 0 amide bonds. The molecule has 0 rings (SSSR count). The molecule has 0 aromatic heterocycles. The predicted octanol–water partition coefficient (Wildman–Crippen LogP) is -1.94. The summed E-state index contributed by atoms with van der Waals surface area (Å²) in [5, 5.41) is 0. The van der Waals surface area contributed by atoms with E-state index in [1.54, 1.807) is 0 Å². The first kappa shape index (κ1) is 9.89. The first-order valence-electron chi connectivity index (χ1n) is 1.63.